The maximum absolute atomic E-state index is 12.7. The molecule has 0 radical (unpaired) electrons. The summed E-state index contributed by atoms with van der Waals surface area (Å²) >= 11 is 0. The smallest absolute Gasteiger partial charge is 0.244 e. The van der Waals surface area contributed by atoms with Crippen LogP contribution < -0.4 is 4.90 Å². The summed E-state index contributed by atoms with van der Waals surface area (Å²) < 4.78 is 27.1. The summed E-state index contributed by atoms with van der Waals surface area (Å²) in [5.41, 5.74) is 0. The summed E-state index contributed by atoms with van der Waals surface area (Å²) in [5.74, 6) is 0.905. The Morgan fingerprint density at radius 2 is 1.72 bits per heavy atom. The molecule has 0 aromatic carbocycles. The Morgan fingerprint density at radius 1 is 0.920 bits per heavy atom. The van der Waals surface area contributed by atoms with Crippen LogP contribution >= 0.6 is 0 Å². The van der Waals surface area contributed by atoms with Crippen LogP contribution in [0.15, 0.2) is 23.2 Å². The summed E-state index contributed by atoms with van der Waals surface area (Å²) in [4.78, 5) is 9.73. The van der Waals surface area contributed by atoms with Crippen molar-refractivity contribution in [3.05, 3.63) is 18.3 Å². The van der Waals surface area contributed by atoms with Gasteiger partial charge in [-0.05, 0) is 44.4 Å². The fraction of sp³-hybridized carbons (Fsp3) is 0.722. The van der Waals surface area contributed by atoms with Crippen molar-refractivity contribution in [2.45, 2.75) is 49.5 Å². The SMILES string of the molecule is O=S(=O)(c1ccc(N2CCN3CCCCC3C2)nc1)N1CCCCC1. The Hall–Kier alpha value is -1.18. The van der Waals surface area contributed by atoms with Crippen molar-refractivity contribution in [3.8, 4) is 0 Å². The van der Waals surface area contributed by atoms with E-state index in [1.807, 2.05) is 6.07 Å². The van der Waals surface area contributed by atoms with Crippen LogP contribution in [-0.2, 0) is 10.0 Å². The van der Waals surface area contributed by atoms with E-state index in [1.54, 1.807) is 16.6 Å². The van der Waals surface area contributed by atoms with Crippen LogP contribution in [0.1, 0.15) is 38.5 Å². The molecule has 3 fully saturated rings. The first-order chi connectivity index (χ1) is 12.1. The minimum absolute atomic E-state index is 0.328. The second-order valence-electron chi connectivity index (χ2n) is 7.45. The number of rotatable bonds is 3. The molecule has 0 aliphatic carbocycles. The third kappa shape index (κ3) is 3.55. The number of piperidine rings is 2. The van der Waals surface area contributed by atoms with E-state index < -0.39 is 10.0 Å². The van der Waals surface area contributed by atoms with Crippen LogP contribution in [0.3, 0.4) is 0 Å². The zero-order valence-electron chi connectivity index (χ0n) is 14.8. The number of anilines is 1. The van der Waals surface area contributed by atoms with Gasteiger partial charge in [0.15, 0.2) is 0 Å². The molecule has 6 nitrogen and oxygen atoms in total. The number of fused-ring (bicyclic) bond motifs is 1. The highest BCUT2D eigenvalue weighted by atomic mass is 32.2. The lowest BCUT2D eigenvalue weighted by molar-refractivity contribution is 0.133. The van der Waals surface area contributed by atoms with E-state index in [0.29, 0.717) is 24.0 Å². The number of hydrogen-bond acceptors (Lipinski definition) is 5. The number of hydrogen-bond donors (Lipinski definition) is 0. The number of pyridine rings is 1. The average Bonchev–Trinajstić information content (AvgIpc) is 2.68. The molecule has 25 heavy (non-hydrogen) atoms. The Morgan fingerprint density at radius 3 is 2.48 bits per heavy atom. The molecule has 1 aromatic rings. The first kappa shape index (κ1) is 17.2. The molecule has 1 unspecified atom stereocenters. The lowest BCUT2D eigenvalue weighted by atomic mass is 9.99. The first-order valence-electron chi connectivity index (χ1n) is 9.60. The van der Waals surface area contributed by atoms with Crippen LogP contribution in [0, 0.1) is 0 Å². The van der Waals surface area contributed by atoms with Gasteiger partial charge in [-0.15, -0.1) is 0 Å². The molecule has 4 heterocycles. The van der Waals surface area contributed by atoms with Gasteiger partial charge in [0, 0.05) is 45.0 Å². The molecular weight excluding hydrogens is 336 g/mol. The highest BCUT2D eigenvalue weighted by molar-refractivity contribution is 7.89. The summed E-state index contributed by atoms with van der Waals surface area (Å²) in [6.07, 6.45) is 8.47. The second kappa shape index (κ2) is 7.21. The molecular formula is C18H28N4O2S. The van der Waals surface area contributed by atoms with Crippen LogP contribution in [0.25, 0.3) is 0 Å². The van der Waals surface area contributed by atoms with Gasteiger partial charge in [-0.25, -0.2) is 13.4 Å². The predicted octanol–water partition coefficient (Wildman–Crippen LogP) is 1.93. The van der Waals surface area contributed by atoms with Gasteiger partial charge in [0.05, 0.1) is 0 Å². The van der Waals surface area contributed by atoms with Gasteiger partial charge in [-0.1, -0.05) is 12.8 Å². The molecule has 3 aliphatic heterocycles. The summed E-state index contributed by atoms with van der Waals surface area (Å²) in [6, 6.07) is 4.25. The minimum atomic E-state index is -3.38. The number of nitrogens with zero attached hydrogens (tertiary/aromatic N) is 4. The summed E-state index contributed by atoms with van der Waals surface area (Å²) in [5, 5.41) is 0. The van der Waals surface area contributed by atoms with Gasteiger partial charge >= 0.3 is 0 Å². The lowest BCUT2D eigenvalue weighted by Gasteiger charge is -2.44. The summed E-state index contributed by atoms with van der Waals surface area (Å²) in [7, 11) is -3.38. The number of piperazine rings is 1. The van der Waals surface area contributed by atoms with Crippen molar-refractivity contribution >= 4 is 15.8 Å². The molecule has 138 valence electrons. The van der Waals surface area contributed by atoms with E-state index >= 15 is 0 Å². The van der Waals surface area contributed by atoms with Crippen molar-refractivity contribution in [1.29, 1.82) is 0 Å². The maximum Gasteiger partial charge on any atom is 0.244 e. The number of sulfonamides is 1. The van der Waals surface area contributed by atoms with Gasteiger partial charge in [0.2, 0.25) is 10.0 Å². The van der Waals surface area contributed by atoms with Crippen molar-refractivity contribution in [1.82, 2.24) is 14.2 Å². The maximum atomic E-state index is 12.7. The van der Waals surface area contributed by atoms with Gasteiger partial charge in [0.25, 0.3) is 0 Å². The zero-order chi connectivity index (χ0) is 17.3. The molecule has 1 atom stereocenters. The standard InChI is InChI=1S/C18H28N4O2S/c23-25(24,22-10-3-1-4-11-22)17-7-8-18(19-14-17)21-13-12-20-9-5-2-6-16(20)15-21/h7-8,14,16H,1-6,9-13,15H2. The van der Waals surface area contributed by atoms with Crippen molar-refractivity contribution < 1.29 is 8.42 Å². The van der Waals surface area contributed by atoms with E-state index in [-0.39, 0.29) is 0 Å². The monoisotopic (exact) mass is 364 g/mol. The Bertz CT molecular complexity index is 686. The molecule has 0 spiro atoms. The quantitative estimate of drug-likeness (QED) is 0.820. The van der Waals surface area contributed by atoms with Gasteiger partial charge in [0.1, 0.15) is 10.7 Å². The molecule has 0 amide bonds. The lowest BCUT2D eigenvalue weighted by Crippen LogP contribution is -2.55. The van der Waals surface area contributed by atoms with Crippen LogP contribution in [0.4, 0.5) is 5.82 Å². The van der Waals surface area contributed by atoms with E-state index in [4.69, 9.17) is 0 Å². The van der Waals surface area contributed by atoms with Gasteiger partial charge in [-0.3, -0.25) is 4.90 Å². The zero-order valence-corrected chi connectivity index (χ0v) is 15.6. The van der Waals surface area contributed by atoms with Crippen molar-refractivity contribution in [2.24, 2.45) is 0 Å². The molecule has 0 saturated carbocycles. The summed E-state index contributed by atoms with van der Waals surface area (Å²) in [6.45, 7) is 5.55. The van der Waals surface area contributed by atoms with E-state index in [0.717, 1.165) is 44.7 Å². The second-order valence-corrected chi connectivity index (χ2v) is 9.39. The highest BCUT2D eigenvalue weighted by Gasteiger charge is 2.30. The minimum Gasteiger partial charge on any atom is -0.354 e. The van der Waals surface area contributed by atoms with Crippen molar-refractivity contribution in [3.63, 3.8) is 0 Å². The molecule has 0 N–H and O–H groups in total. The fourth-order valence-electron chi connectivity index (χ4n) is 4.33. The van der Waals surface area contributed by atoms with Gasteiger partial charge in [-0.2, -0.15) is 4.31 Å². The molecule has 0 bridgehead atoms. The third-order valence-corrected chi connectivity index (χ3v) is 7.72. The predicted molar refractivity (Wildman–Crippen MR) is 98.3 cm³/mol. The van der Waals surface area contributed by atoms with Crippen LogP contribution in [0.2, 0.25) is 0 Å². The molecule has 3 saturated heterocycles. The van der Waals surface area contributed by atoms with E-state index in [1.165, 1.54) is 25.8 Å². The molecule has 7 heteroatoms. The topological polar surface area (TPSA) is 56.8 Å². The van der Waals surface area contributed by atoms with Crippen LogP contribution in [0.5, 0.6) is 0 Å². The van der Waals surface area contributed by atoms with E-state index in [2.05, 4.69) is 14.8 Å². The Labute approximate surface area is 150 Å². The van der Waals surface area contributed by atoms with Crippen molar-refractivity contribution in [2.75, 3.05) is 44.2 Å². The largest absolute Gasteiger partial charge is 0.354 e. The fourth-order valence-corrected chi connectivity index (χ4v) is 5.79. The van der Waals surface area contributed by atoms with Crippen LogP contribution in [-0.4, -0.2) is 67.9 Å². The third-order valence-electron chi connectivity index (χ3n) is 5.83. The van der Waals surface area contributed by atoms with E-state index in [9.17, 15) is 8.42 Å². The first-order valence-corrected chi connectivity index (χ1v) is 11.0. The molecule has 4 rings (SSSR count). The Balaban J connectivity index is 1.46. The highest BCUT2D eigenvalue weighted by Crippen LogP contribution is 2.25. The Kier molecular flexibility index (Phi) is 4.97. The normalized spacial score (nSPS) is 26.4. The molecule has 1 aromatic heterocycles. The number of aromatic nitrogens is 1. The average molecular weight is 365 g/mol. The van der Waals surface area contributed by atoms with Gasteiger partial charge < -0.3 is 4.90 Å². The molecule has 3 aliphatic rings.